The second kappa shape index (κ2) is 1.91. The fourth-order valence-electron chi connectivity index (χ4n) is 2.70. The zero-order valence-electron chi connectivity index (χ0n) is 6.29. The molecule has 1 spiro atoms. The maximum absolute atomic E-state index is 5.74. The SMILES string of the molecule is BrC1C=CC2OC23CCCC13. The monoisotopic (exact) mass is 214 g/mol. The van der Waals surface area contributed by atoms with Gasteiger partial charge >= 0.3 is 0 Å². The summed E-state index contributed by atoms with van der Waals surface area (Å²) < 4.78 is 5.74. The van der Waals surface area contributed by atoms with E-state index in [2.05, 4.69) is 28.1 Å². The highest BCUT2D eigenvalue weighted by Crippen LogP contribution is 2.58. The lowest BCUT2D eigenvalue weighted by Crippen LogP contribution is -2.29. The van der Waals surface area contributed by atoms with Crippen LogP contribution in [0.4, 0.5) is 0 Å². The molecule has 2 aliphatic carbocycles. The van der Waals surface area contributed by atoms with Crippen molar-refractivity contribution in [2.75, 3.05) is 0 Å². The molecule has 0 radical (unpaired) electrons. The summed E-state index contributed by atoms with van der Waals surface area (Å²) in [5.41, 5.74) is 0.295. The van der Waals surface area contributed by atoms with Gasteiger partial charge in [0.25, 0.3) is 0 Å². The molecule has 2 fully saturated rings. The molecule has 1 saturated carbocycles. The lowest BCUT2D eigenvalue weighted by molar-refractivity contribution is 0.251. The number of rotatable bonds is 0. The van der Waals surface area contributed by atoms with Gasteiger partial charge in [-0.25, -0.2) is 0 Å². The Labute approximate surface area is 74.9 Å². The van der Waals surface area contributed by atoms with Crippen LogP contribution >= 0.6 is 15.9 Å². The smallest absolute Gasteiger partial charge is 0.106 e. The summed E-state index contributed by atoms with van der Waals surface area (Å²) >= 11 is 3.69. The van der Waals surface area contributed by atoms with Crippen LogP contribution in [-0.4, -0.2) is 16.5 Å². The normalized spacial score (nSPS) is 58.8. The molecule has 4 atom stereocenters. The first-order valence-electron chi connectivity index (χ1n) is 4.33. The highest BCUT2D eigenvalue weighted by Gasteiger charge is 2.64. The Morgan fingerprint density at radius 1 is 1.45 bits per heavy atom. The maximum atomic E-state index is 5.74. The predicted molar refractivity (Wildman–Crippen MR) is 46.8 cm³/mol. The highest BCUT2D eigenvalue weighted by atomic mass is 79.9. The van der Waals surface area contributed by atoms with Crippen molar-refractivity contribution in [2.45, 2.75) is 35.8 Å². The molecule has 4 unspecified atom stereocenters. The maximum Gasteiger partial charge on any atom is 0.106 e. The molecule has 0 aromatic rings. The molecule has 11 heavy (non-hydrogen) atoms. The molecule has 0 bridgehead atoms. The van der Waals surface area contributed by atoms with Gasteiger partial charge < -0.3 is 4.74 Å². The quantitative estimate of drug-likeness (QED) is 0.343. The number of hydrogen-bond acceptors (Lipinski definition) is 1. The molecular formula is C9H11BrO. The minimum atomic E-state index is 0.295. The minimum absolute atomic E-state index is 0.295. The van der Waals surface area contributed by atoms with Gasteiger partial charge in [0.2, 0.25) is 0 Å². The first kappa shape index (κ1) is 6.67. The van der Waals surface area contributed by atoms with E-state index in [1.807, 2.05) is 0 Å². The second-order valence-electron chi connectivity index (χ2n) is 3.82. The zero-order chi connectivity index (χ0) is 7.47. The molecule has 60 valence electrons. The zero-order valence-corrected chi connectivity index (χ0v) is 7.88. The molecule has 2 heteroatoms. The van der Waals surface area contributed by atoms with Crippen molar-refractivity contribution in [3.05, 3.63) is 12.2 Å². The van der Waals surface area contributed by atoms with Crippen LogP contribution in [0, 0.1) is 5.92 Å². The standard InChI is InChI=1S/C9H11BrO/c10-7-3-4-8-9(11-8)5-1-2-6(7)9/h3-4,6-8H,1-2,5H2. The summed E-state index contributed by atoms with van der Waals surface area (Å²) in [5.74, 6) is 0.762. The van der Waals surface area contributed by atoms with E-state index in [0.717, 1.165) is 5.92 Å². The van der Waals surface area contributed by atoms with Crippen LogP contribution in [0.5, 0.6) is 0 Å². The molecule has 0 aromatic carbocycles. The van der Waals surface area contributed by atoms with Crippen LogP contribution in [0.25, 0.3) is 0 Å². The van der Waals surface area contributed by atoms with Gasteiger partial charge in [0, 0.05) is 10.7 Å². The van der Waals surface area contributed by atoms with Crippen LogP contribution < -0.4 is 0 Å². The average molecular weight is 215 g/mol. The summed E-state index contributed by atoms with van der Waals surface area (Å²) in [6.07, 6.45) is 8.94. The molecule has 0 aromatic heterocycles. The van der Waals surface area contributed by atoms with Crippen molar-refractivity contribution in [3.63, 3.8) is 0 Å². The Morgan fingerprint density at radius 3 is 3.18 bits per heavy atom. The molecule has 1 aliphatic heterocycles. The Hall–Kier alpha value is 0.180. The third-order valence-corrected chi connectivity index (χ3v) is 4.28. The van der Waals surface area contributed by atoms with E-state index in [1.54, 1.807) is 0 Å². The number of alkyl halides is 1. The van der Waals surface area contributed by atoms with Gasteiger partial charge in [0.05, 0.1) is 0 Å². The van der Waals surface area contributed by atoms with E-state index in [4.69, 9.17) is 4.74 Å². The van der Waals surface area contributed by atoms with Crippen molar-refractivity contribution in [2.24, 2.45) is 5.92 Å². The van der Waals surface area contributed by atoms with E-state index in [9.17, 15) is 0 Å². The lowest BCUT2D eigenvalue weighted by Gasteiger charge is -2.22. The van der Waals surface area contributed by atoms with Crippen molar-refractivity contribution in [1.29, 1.82) is 0 Å². The molecule has 1 nitrogen and oxygen atoms in total. The van der Waals surface area contributed by atoms with Crippen LogP contribution in [0.2, 0.25) is 0 Å². The minimum Gasteiger partial charge on any atom is -0.361 e. The largest absolute Gasteiger partial charge is 0.361 e. The van der Waals surface area contributed by atoms with E-state index in [0.29, 0.717) is 16.5 Å². The molecule has 0 N–H and O–H groups in total. The topological polar surface area (TPSA) is 12.5 Å². The Kier molecular flexibility index (Phi) is 1.16. The molecule has 3 aliphatic rings. The van der Waals surface area contributed by atoms with Crippen LogP contribution in [0.15, 0.2) is 12.2 Å². The molecule has 3 rings (SSSR count). The van der Waals surface area contributed by atoms with Gasteiger partial charge in [-0.2, -0.15) is 0 Å². The first-order chi connectivity index (χ1) is 5.33. The van der Waals surface area contributed by atoms with Crippen molar-refractivity contribution in [3.8, 4) is 0 Å². The summed E-state index contributed by atoms with van der Waals surface area (Å²) in [4.78, 5) is 0.573. The fourth-order valence-corrected chi connectivity index (χ4v) is 3.59. The molecule has 1 heterocycles. The molecule has 1 saturated heterocycles. The van der Waals surface area contributed by atoms with Crippen LogP contribution in [0.3, 0.4) is 0 Å². The van der Waals surface area contributed by atoms with Crippen molar-refractivity contribution < 1.29 is 4.74 Å². The molecular weight excluding hydrogens is 204 g/mol. The van der Waals surface area contributed by atoms with Gasteiger partial charge in [-0.15, -0.1) is 0 Å². The average Bonchev–Trinajstić information content (AvgIpc) is 2.51. The number of epoxide rings is 1. The Balaban J connectivity index is 2.00. The summed E-state index contributed by atoms with van der Waals surface area (Å²) in [5, 5.41) is 0. The van der Waals surface area contributed by atoms with Gasteiger partial charge in [-0.3, -0.25) is 0 Å². The van der Waals surface area contributed by atoms with Crippen molar-refractivity contribution in [1.82, 2.24) is 0 Å². The third kappa shape index (κ3) is 0.701. The second-order valence-corrected chi connectivity index (χ2v) is 4.88. The lowest BCUT2D eigenvalue weighted by atomic mass is 9.85. The number of halogens is 1. The van der Waals surface area contributed by atoms with E-state index in [-0.39, 0.29) is 0 Å². The predicted octanol–water partition coefficient (Wildman–Crippen LogP) is 2.26. The number of hydrogen-bond donors (Lipinski definition) is 0. The van der Waals surface area contributed by atoms with E-state index < -0.39 is 0 Å². The van der Waals surface area contributed by atoms with Gasteiger partial charge in [-0.05, 0) is 12.8 Å². The summed E-state index contributed by atoms with van der Waals surface area (Å²) in [6.45, 7) is 0. The van der Waals surface area contributed by atoms with E-state index in [1.165, 1.54) is 19.3 Å². The highest BCUT2D eigenvalue weighted by molar-refractivity contribution is 9.09. The Morgan fingerprint density at radius 2 is 2.36 bits per heavy atom. The van der Waals surface area contributed by atoms with Crippen molar-refractivity contribution >= 4 is 15.9 Å². The van der Waals surface area contributed by atoms with Gasteiger partial charge in [0.15, 0.2) is 0 Å². The van der Waals surface area contributed by atoms with Crippen LogP contribution in [-0.2, 0) is 4.74 Å². The first-order valence-corrected chi connectivity index (χ1v) is 5.25. The van der Waals surface area contributed by atoms with Gasteiger partial charge in [0.1, 0.15) is 11.7 Å². The third-order valence-electron chi connectivity index (χ3n) is 3.34. The van der Waals surface area contributed by atoms with Crippen LogP contribution in [0.1, 0.15) is 19.3 Å². The fraction of sp³-hybridized carbons (Fsp3) is 0.778. The number of ether oxygens (including phenoxy) is 1. The summed E-state index contributed by atoms with van der Waals surface area (Å²) in [6, 6.07) is 0. The van der Waals surface area contributed by atoms with E-state index >= 15 is 0 Å². The molecule has 0 amide bonds. The van der Waals surface area contributed by atoms with Gasteiger partial charge in [-0.1, -0.05) is 34.5 Å². The summed E-state index contributed by atoms with van der Waals surface area (Å²) in [7, 11) is 0. The Bertz CT molecular complexity index is 226. The number of allylic oxidation sites excluding steroid dienone is 1.